The number of hydrazine groups is 1. The van der Waals surface area contributed by atoms with Crippen LogP contribution in [0.2, 0.25) is 0 Å². The number of rotatable bonds is 11. The molecule has 1 aliphatic heterocycles. The Hall–Kier alpha value is -0.120. The fourth-order valence-corrected chi connectivity index (χ4v) is 3.46. The van der Waals surface area contributed by atoms with Gasteiger partial charge in [0, 0.05) is 11.6 Å². The summed E-state index contributed by atoms with van der Waals surface area (Å²) < 4.78 is 0. The molecule has 0 aromatic rings. The highest BCUT2D eigenvalue weighted by atomic mass is 15.3. The summed E-state index contributed by atoms with van der Waals surface area (Å²) in [6, 6.07) is 0.413. The van der Waals surface area contributed by atoms with Crippen molar-refractivity contribution in [1.29, 1.82) is 0 Å². The molecule has 0 aliphatic carbocycles. The molecule has 120 valence electrons. The lowest BCUT2D eigenvalue weighted by Crippen LogP contribution is -2.58. The minimum atomic E-state index is 0.188. The number of unbranched alkanes of at least 4 members (excludes halogenated alkanes) is 6. The van der Waals surface area contributed by atoms with Crippen molar-refractivity contribution in [2.45, 2.75) is 96.6 Å². The summed E-state index contributed by atoms with van der Waals surface area (Å²) in [5.41, 5.74) is 3.28. The van der Waals surface area contributed by atoms with Gasteiger partial charge >= 0.3 is 0 Å². The van der Waals surface area contributed by atoms with Crippen molar-refractivity contribution in [3.05, 3.63) is 0 Å². The highest BCUT2D eigenvalue weighted by Crippen LogP contribution is 2.26. The zero-order valence-corrected chi connectivity index (χ0v) is 14.1. The van der Waals surface area contributed by atoms with Crippen LogP contribution in [-0.4, -0.2) is 29.6 Å². The summed E-state index contributed by atoms with van der Waals surface area (Å²) in [5.74, 6) is 5.83. The fraction of sp³-hybridized carbons (Fsp3) is 1.00. The normalized spacial score (nSPS) is 18.6. The predicted octanol–water partition coefficient (Wildman–Crippen LogP) is 3.83. The lowest BCUT2D eigenvalue weighted by atomic mass is 9.89. The molecule has 1 fully saturated rings. The van der Waals surface area contributed by atoms with Crippen LogP contribution < -0.4 is 11.3 Å². The van der Waals surface area contributed by atoms with Crippen molar-refractivity contribution in [2.75, 3.05) is 13.1 Å². The lowest BCUT2D eigenvalue weighted by Gasteiger charge is -2.42. The first-order valence-corrected chi connectivity index (χ1v) is 8.84. The first kappa shape index (κ1) is 17.9. The van der Waals surface area contributed by atoms with Gasteiger partial charge in [-0.05, 0) is 46.2 Å². The molecule has 0 saturated carbocycles. The maximum absolute atomic E-state index is 5.83. The third-order valence-electron chi connectivity index (χ3n) is 5.07. The van der Waals surface area contributed by atoms with Gasteiger partial charge in [0.25, 0.3) is 0 Å². The van der Waals surface area contributed by atoms with E-state index in [4.69, 9.17) is 5.84 Å². The first-order chi connectivity index (χ1) is 9.62. The average molecular weight is 284 g/mol. The van der Waals surface area contributed by atoms with Crippen LogP contribution in [0.25, 0.3) is 0 Å². The number of likely N-dealkylation sites (tertiary alicyclic amines) is 1. The summed E-state index contributed by atoms with van der Waals surface area (Å²) in [7, 11) is 0. The van der Waals surface area contributed by atoms with Crippen LogP contribution in [-0.2, 0) is 0 Å². The van der Waals surface area contributed by atoms with Gasteiger partial charge < -0.3 is 0 Å². The quantitative estimate of drug-likeness (QED) is 0.344. The van der Waals surface area contributed by atoms with Gasteiger partial charge in [0.05, 0.1) is 0 Å². The van der Waals surface area contributed by atoms with E-state index in [1.165, 1.54) is 77.3 Å². The minimum Gasteiger partial charge on any atom is -0.297 e. The zero-order chi connectivity index (χ0) is 14.8. The van der Waals surface area contributed by atoms with E-state index in [2.05, 4.69) is 31.1 Å². The Kier molecular flexibility index (Phi) is 8.74. The van der Waals surface area contributed by atoms with Gasteiger partial charge in [-0.15, -0.1) is 0 Å². The van der Waals surface area contributed by atoms with Gasteiger partial charge in [0.2, 0.25) is 0 Å². The Labute approximate surface area is 126 Å². The van der Waals surface area contributed by atoms with Crippen LogP contribution in [0.3, 0.4) is 0 Å². The fourth-order valence-electron chi connectivity index (χ4n) is 3.46. The van der Waals surface area contributed by atoms with Crippen molar-refractivity contribution in [2.24, 2.45) is 5.84 Å². The standard InChI is InChI=1S/C17H37N3/c1-4-5-6-7-8-9-10-13-16(19-18)17(2,3)20-14-11-12-15-20/h16,19H,4-15,18H2,1-3H3. The van der Waals surface area contributed by atoms with E-state index in [1.807, 2.05) is 0 Å². The Morgan fingerprint density at radius 2 is 1.55 bits per heavy atom. The van der Waals surface area contributed by atoms with Crippen molar-refractivity contribution in [3.63, 3.8) is 0 Å². The van der Waals surface area contributed by atoms with Crippen LogP contribution >= 0.6 is 0 Å². The molecule has 0 bridgehead atoms. The maximum Gasteiger partial charge on any atom is 0.0389 e. The molecule has 1 heterocycles. The predicted molar refractivity (Wildman–Crippen MR) is 88.6 cm³/mol. The Morgan fingerprint density at radius 3 is 2.10 bits per heavy atom. The molecule has 0 amide bonds. The summed E-state index contributed by atoms with van der Waals surface area (Å²) in [5, 5.41) is 0. The molecule has 20 heavy (non-hydrogen) atoms. The number of hydrogen-bond donors (Lipinski definition) is 2. The largest absolute Gasteiger partial charge is 0.297 e. The molecule has 3 N–H and O–H groups in total. The third kappa shape index (κ3) is 5.71. The van der Waals surface area contributed by atoms with Crippen LogP contribution in [0.1, 0.15) is 85.0 Å². The molecule has 1 aliphatic rings. The molecular formula is C17H37N3. The Morgan fingerprint density at radius 1 is 1.00 bits per heavy atom. The van der Waals surface area contributed by atoms with Gasteiger partial charge in [-0.25, -0.2) is 0 Å². The molecule has 3 nitrogen and oxygen atoms in total. The molecule has 1 saturated heterocycles. The van der Waals surface area contributed by atoms with Gasteiger partial charge in [0.15, 0.2) is 0 Å². The summed E-state index contributed by atoms with van der Waals surface area (Å²) in [4.78, 5) is 2.61. The van der Waals surface area contributed by atoms with Crippen molar-refractivity contribution in [1.82, 2.24) is 10.3 Å². The molecule has 1 rings (SSSR count). The minimum absolute atomic E-state index is 0.188. The highest BCUT2D eigenvalue weighted by molar-refractivity contribution is 4.94. The Balaban J connectivity index is 2.21. The molecule has 0 aromatic carbocycles. The second-order valence-corrected chi connectivity index (χ2v) is 6.98. The molecule has 1 unspecified atom stereocenters. The van der Waals surface area contributed by atoms with E-state index in [9.17, 15) is 0 Å². The summed E-state index contributed by atoms with van der Waals surface area (Å²) >= 11 is 0. The van der Waals surface area contributed by atoms with Gasteiger partial charge in [-0.1, -0.05) is 51.9 Å². The van der Waals surface area contributed by atoms with Gasteiger partial charge in [-0.2, -0.15) is 0 Å². The zero-order valence-electron chi connectivity index (χ0n) is 14.1. The second kappa shape index (κ2) is 9.75. The maximum atomic E-state index is 5.83. The lowest BCUT2D eigenvalue weighted by molar-refractivity contribution is 0.101. The molecule has 0 aromatic heterocycles. The Bertz CT molecular complexity index is 234. The summed E-state index contributed by atoms with van der Waals surface area (Å²) in [6.45, 7) is 9.45. The van der Waals surface area contributed by atoms with E-state index in [0.717, 1.165) is 0 Å². The molecule has 1 atom stereocenters. The van der Waals surface area contributed by atoms with E-state index < -0.39 is 0 Å². The number of hydrogen-bond acceptors (Lipinski definition) is 3. The first-order valence-electron chi connectivity index (χ1n) is 8.84. The van der Waals surface area contributed by atoms with Crippen LogP contribution in [0, 0.1) is 0 Å². The average Bonchev–Trinajstić information content (AvgIpc) is 2.96. The summed E-state index contributed by atoms with van der Waals surface area (Å²) in [6.07, 6.45) is 13.5. The van der Waals surface area contributed by atoms with E-state index >= 15 is 0 Å². The number of nitrogens with zero attached hydrogens (tertiary/aromatic N) is 1. The van der Waals surface area contributed by atoms with Crippen LogP contribution in [0.4, 0.5) is 0 Å². The smallest absolute Gasteiger partial charge is 0.0389 e. The number of nitrogens with two attached hydrogens (primary N) is 1. The van der Waals surface area contributed by atoms with E-state index in [0.29, 0.717) is 6.04 Å². The molecule has 0 spiro atoms. The monoisotopic (exact) mass is 283 g/mol. The van der Waals surface area contributed by atoms with Gasteiger partial charge in [0.1, 0.15) is 0 Å². The van der Waals surface area contributed by atoms with Crippen molar-refractivity contribution in [3.8, 4) is 0 Å². The van der Waals surface area contributed by atoms with Crippen LogP contribution in [0.15, 0.2) is 0 Å². The number of nitrogens with one attached hydrogen (secondary N) is 1. The molecular weight excluding hydrogens is 246 g/mol. The topological polar surface area (TPSA) is 41.3 Å². The van der Waals surface area contributed by atoms with Crippen LogP contribution in [0.5, 0.6) is 0 Å². The third-order valence-corrected chi connectivity index (χ3v) is 5.07. The van der Waals surface area contributed by atoms with E-state index in [1.54, 1.807) is 0 Å². The SMILES string of the molecule is CCCCCCCCCC(NN)C(C)(C)N1CCCC1. The van der Waals surface area contributed by atoms with Gasteiger partial charge in [-0.3, -0.25) is 16.2 Å². The molecule has 0 radical (unpaired) electrons. The highest BCUT2D eigenvalue weighted by Gasteiger charge is 2.35. The second-order valence-electron chi connectivity index (χ2n) is 6.98. The van der Waals surface area contributed by atoms with E-state index in [-0.39, 0.29) is 5.54 Å². The van der Waals surface area contributed by atoms with Crippen molar-refractivity contribution < 1.29 is 0 Å². The molecule has 3 heteroatoms. The van der Waals surface area contributed by atoms with Crippen molar-refractivity contribution >= 4 is 0 Å².